The monoisotopic (exact) mass is 232 g/mol. The van der Waals surface area contributed by atoms with Gasteiger partial charge in [0, 0.05) is 26.7 Å². The van der Waals surface area contributed by atoms with E-state index in [4.69, 9.17) is 0 Å². The Hall–Kier alpha value is -1.51. The maximum atomic E-state index is 12.0. The molecule has 0 spiro atoms. The molecule has 1 aliphatic rings. The van der Waals surface area contributed by atoms with Crippen LogP contribution in [-0.2, 0) is 6.42 Å². The average Bonchev–Trinajstić information content (AvgIpc) is 2.90. The van der Waals surface area contributed by atoms with Gasteiger partial charge in [0.15, 0.2) is 0 Å². The Bertz CT molecular complexity index is 358. The van der Waals surface area contributed by atoms with Crippen LogP contribution >= 0.6 is 0 Å². The highest BCUT2D eigenvalue weighted by atomic mass is 16.2. The molecule has 1 saturated heterocycles. The molecule has 3 nitrogen and oxygen atoms in total. The van der Waals surface area contributed by atoms with Gasteiger partial charge < -0.3 is 9.80 Å². The van der Waals surface area contributed by atoms with Crippen molar-refractivity contribution in [2.24, 2.45) is 0 Å². The van der Waals surface area contributed by atoms with Gasteiger partial charge in [0.05, 0.1) is 0 Å². The van der Waals surface area contributed by atoms with Crippen molar-refractivity contribution in [2.75, 3.05) is 26.7 Å². The molecule has 2 amide bonds. The van der Waals surface area contributed by atoms with Crippen LogP contribution in [0.2, 0.25) is 0 Å². The molecular formula is C14H20N2O. The van der Waals surface area contributed by atoms with Crippen LogP contribution < -0.4 is 0 Å². The van der Waals surface area contributed by atoms with Gasteiger partial charge in [0.1, 0.15) is 0 Å². The number of rotatable bonds is 3. The molecule has 0 unspecified atom stereocenters. The van der Waals surface area contributed by atoms with E-state index in [9.17, 15) is 4.79 Å². The quantitative estimate of drug-likeness (QED) is 0.785. The molecule has 17 heavy (non-hydrogen) atoms. The lowest BCUT2D eigenvalue weighted by molar-refractivity contribution is 0.173. The standard InChI is InChI=1S/C14H20N2O/c1-15(14(17)16-10-5-6-11-16)12-9-13-7-3-2-4-8-13/h2-4,7-8H,5-6,9-12H2,1H3. The first-order chi connectivity index (χ1) is 8.27. The van der Waals surface area contributed by atoms with Gasteiger partial charge in [-0.1, -0.05) is 30.3 Å². The second kappa shape index (κ2) is 5.71. The van der Waals surface area contributed by atoms with Crippen molar-refractivity contribution < 1.29 is 4.79 Å². The highest BCUT2D eigenvalue weighted by molar-refractivity contribution is 5.74. The van der Waals surface area contributed by atoms with E-state index < -0.39 is 0 Å². The fourth-order valence-corrected chi connectivity index (χ4v) is 2.19. The average molecular weight is 232 g/mol. The highest BCUT2D eigenvalue weighted by Crippen LogP contribution is 2.10. The summed E-state index contributed by atoms with van der Waals surface area (Å²) >= 11 is 0. The zero-order chi connectivity index (χ0) is 12.1. The van der Waals surface area contributed by atoms with Crippen molar-refractivity contribution in [3.05, 3.63) is 35.9 Å². The minimum Gasteiger partial charge on any atom is -0.327 e. The third-order valence-corrected chi connectivity index (χ3v) is 3.28. The number of likely N-dealkylation sites (N-methyl/N-ethyl adjacent to an activating group) is 1. The molecule has 1 aliphatic heterocycles. The minimum atomic E-state index is 0.179. The van der Waals surface area contributed by atoms with Crippen LogP contribution in [0.4, 0.5) is 4.79 Å². The fourth-order valence-electron chi connectivity index (χ4n) is 2.19. The van der Waals surface area contributed by atoms with Crippen LogP contribution in [0.5, 0.6) is 0 Å². The predicted molar refractivity (Wildman–Crippen MR) is 69.0 cm³/mol. The van der Waals surface area contributed by atoms with E-state index in [1.54, 1.807) is 0 Å². The fraction of sp³-hybridized carbons (Fsp3) is 0.500. The van der Waals surface area contributed by atoms with Crippen LogP contribution in [0, 0.1) is 0 Å². The van der Waals surface area contributed by atoms with Gasteiger partial charge in [-0.3, -0.25) is 0 Å². The highest BCUT2D eigenvalue weighted by Gasteiger charge is 2.20. The van der Waals surface area contributed by atoms with E-state index in [0.717, 1.165) is 38.9 Å². The van der Waals surface area contributed by atoms with Crippen LogP contribution in [-0.4, -0.2) is 42.5 Å². The Kier molecular flexibility index (Phi) is 4.02. The molecule has 0 saturated carbocycles. The summed E-state index contributed by atoms with van der Waals surface area (Å²) in [4.78, 5) is 15.8. The predicted octanol–water partition coefficient (Wildman–Crippen LogP) is 2.38. The molecule has 1 fully saturated rings. The Labute approximate surface area is 103 Å². The maximum Gasteiger partial charge on any atom is 0.319 e. The number of urea groups is 1. The Morgan fingerprint density at radius 3 is 2.53 bits per heavy atom. The normalized spacial score (nSPS) is 15.0. The lowest BCUT2D eigenvalue weighted by atomic mass is 10.1. The summed E-state index contributed by atoms with van der Waals surface area (Å²) in [5.74, 6) is 0. The zero-order valence-electron chi connectivity index (χ0n) is 10.4. The van der Waals surface area contributed by atoms with E-state index in [1.807, 2.05) is 35.0 Å². The molecule has 1 aromatic carbocycles. The summed E-state index contributed by atoms with van der Waals surface area (Å²) in [6, 6.07) is 10.5. The summed E-state index contributed by atoms with van der Waals surface area (Å²) < 4.78 is 0. The van der Waals surface area contributed by atoms with Crippen molar-refractivity contribution in [3.8, 4) is 0 Å². The van der Waals surface area contributed by atoms with Crippen molar-refractivity contribution in [2.45, 2.75) is 19.3 Å². The largest absolute Gasteiger partial charge is 0.327 e. The number of nitrogens with zero attached hydrogens (tertiary/aromatic N) is 2. The lowest BCUT2D eigenvalue weighted by Crippen LogP contribution is -2.40. The molecule has 1 heterocycles. The minimum absolute atomic E-state index is 0.179. The number of carbonyl (C=O) groups is 1. The van der Waals surface area contributed by atoms with Crippen molar-refractivity contribution in [3.63, 3.8) is 0 Å². The van der Waals surface area contributed by atoms with E-state index in [-0.39, 0.29) is 6.03 Å². The summed E-state index contributed by atoms with van der Waals surface area (Å²) in [6.07, 6.45) is 3.23. The van der Waals surface area contributed by atoms with Gasteiger partial charge in [-0.05, 0) is 24.8 Å². The number of hydrogen-bond acceptors (Lipinski definition) is 1. The van der Waals surface area contributed by atoms with Gasteiger partial charge in [0.25, 0.3) is 0 Å². The summed E-state index contributed by atoms with van der Waals surface area (Å²) in [6.45, 7) is 2.64. The van der Waals surface area contributed by atoms with Crippen LogP contribution in [0.3, 0.4) is 0 Å². The molecule has 0 aromatic heterocycles. The third kappa shape index (κ3) is 3.22. The van der Waals surface area contributed by atoms with Gasteiger partial charge in [-0.15, -0.1) is 0 Å². The van der Waals surface area contributed by atoms with Crippen molar-refractivity contribution >= 4 is 6.03 Å². The van der Waals surface area contributed by atoms with Gasteiger partial charge >= 0.3 is 6.03 Å². The first-order valence-electron chi connectivity index (χ1n) is 6.31. The summed E-state index contributed by atoms with van der Waals surface area (Å²) in [7, 11) is 1.89. The van der Waals surface area contributed by atoms with Crippen LogP contribution in [0.1, 0.15) is 18.4 Å². The second-order valence-corrected chi connectivity index (χ2v) is 4.63. The SMILES string of the molecule is CN(CCc1ccccc1)C(=O)N1CCCC1. The van der Waals surface area contributed by atoms with Crippen LogP contribution in [0.15, 0.2) is 30.3 Å². The number of amides is 2. The Balaban J connectivity index is 1.80. The van der Waals surface area contributed by atoms with Gasteiger partial charge in [0.2, 0.25) is 0 Å². The van der Waals surface area contributed by atoms with Crippen molar-refractivity contribution in [1.29, 1.82) is 0 Å². The molecule has 0 N–H and O–H groups in total. The molecule has 0 aliphatic carbocycles. The molecule has 3 heteroatoms. The number of carbonyl (C=O) groups excluding carboxylic acids is 1. The molecule has 92 valence electrons. The molecular weight excluding hydrogens is 212 g/mol. The number of benzene rings is 1. The third-order valence-electron chi connectivity index (χ3n) is 3.28. The Morgan fingerprint density at radius 1 is 1.24 bits per heavy atom. The molecule has 0 radical (unpaired) electrons. The molecule has 2 rings (SSSR count). The maximum absolute atomic E-state index is 12.0. The number of likely N-dealkylation sites (tertiary alicyclic amines) is 1. The first kappa shape index (κ1) is 12.0. The molecule has 0 bridgehead atoms. The lowest BCUT2D eigenvalue weighted by Gasteiger charge is -2.24. The topological polar surface area (TPSA) is 23.6 Å². The van der Waals surface area contributed by atoms with E-state index in [2.05, 4.69) is 12.1 Å². The van der Waals surface area contributed by atoms with Gasteiger partial charge in [-0.2, -0.15) is 0 Å². The summed E-state index contributed by atoms with van der Waals surface area (Å²) in [5.41, 5.74) is 1.29. The smallest absolute Gasteiger partial charge is 0.319 e. The van der Waals surface area contributed by atoms with E-state index in [1.165, 1.54) is 5.56 Å². The van der Waals surface area contributed by atoms with E-state index in [0.29, 0.717) is 0 Å². The van der Waals surface area contributed by atoms with Crippen LogP contribution in [0.25, 0.3) is 0 Å². The molecule has 0 atom stereocenters. The Morgan fingerprint density at radius 2 is 1.88 bits per heavy atom. The molecule has 1 aromatic rings. The summed E-state index contributed by atoms with van der Waals surface area (Å²) in [5, 5.41) is 0. The zero-order valence-corrected chi connectivity index (χ0v) is 10.4. The van der Waals surface area contributed by atoms with E-state index >= 15 is 0 Å². The first-order valence-corrected chi connectivity index (χ1v) is 6.31. The van der Waals surface area contributed by atoms with Gasteiger partial charge in [-0.25, -0.2) is 4.79 Å². The number of hydrogen-bond donors (Lipinski definition) is 0. The van der Waals surface area contributed by atoms with Crippen molar-refractivity contribution in [1.82, 2.24) is 9.80 Å². The second-order valence-electron chi connectivity index (χ2n) is 4.63.